The van der Waals surface area contributed by atoms with E-state index in [9.17, 15) is 4.79 Å². The second-order valence-electron chi connectivity index (χ2n) is 9.95. The topological polar surface area (TPSA) is 82.9 Å². The van der Waals surface area contributed by atoms with Gasteiger partial charge in [-0.05, 0) is 54.2 Å². The largest absolute Gasteiger partial charge is 0.342 e. The Kier molecular flexibility index (Phi) is 5.82. The van der Waals surface area contributed by atoms with E-state index in [0.717, 1.165) is 72.8 Å². The average Bonchev–Trinajstić information content (AvgIpc) is 3.41. The van der Waals surface area contributed by atoms with Gasteiger partial charge in [0, 0.05) is 76.3 Å². The quantitative estimate of drug-likeness (QED) is 0.449. The van der Waals surface area contributed by atoms with Crippen LogP contribution in [0, 0.1) is 5.92 Å². The number of aromatic nitrogens is 5. The van der Waals surface area contributed by atoms with Crippen molar-refractivity contribution in [1.29, 1.82) is 0 Å². The van der Waals surface area contributed by atoms with Crippen LogP contribution in [0.4, 0.5) is 0 Å². The first-order valence-corrected chi connectivity index (χ1v) is 12.5. The highest BCUT2D eigenvalue weighted by atomic mass is 16.2. The standard InChI is InChI=1S/C27H31N7O/c1-32-18-22(16-29-32)21-4-5-24-25(14-21)31-26(30-24)15-23-12-20(6-7-28-23)17-33-8-10-34(11-9-33)27(35)13-19-2-3-19/h4-7,12,14,16,18-19H,2-3,8-11,13,15,17H2,1H3,(H,30,31). The molecular weight excluding hydrogens is 438 g/mol. The lowest BCUT2D eigenvalue weighted by atomic mass is 10.1. The molecule has 4 aromatic rings. The molecule has 0 bridgehead atoms. The van der Waals surface area contributed by atoms with Crippen molar-refractivity contribution in [3.8, 4) is 11.1 Å². The van der Waals surface area contributed by atoms with Gasteiger partial charge in [-0.15, -0.1) is 0 Å². The molecule has 1 aliphatic carbocycles. The van der Waals surface area contributed by atoms with Gasteiger partial charge >= 0.3 is 0 Å². The molecule has 35 heavy (non-hydrogen) atoms. The van der Waals surface area contributed by atoms with Gasteiger partial charge in [0.15, 0.2) is 0 Å². The number of aryl methyl sites for hydroxylation is 1. The number of hydrogen-bond donors (Lipinski definition) is 1. The molecule has 8 nitrogen and oxygen atoms in total. The Morgan fingerprint density at radius 1 is 1.09 bits per heavy atom. The van der Waals surface area contributed by atoms with E-state index >= 15 is 0 Å². The molecule has 0 radical (unpaired) electrons. The fraction of sp³-hybridized carbons (Fsp3) is 0.407. The number of rotatable bonds is 7. The summed E-state index contributed by atoms with van der Waals surface area (Å²) in [6, 6.07) is 10.5. The summed E-state index contributed by atoms with van der Waals surface area (Å²) in [5, 5.41) is 4.27. The third-order valence-electron chi connectivity index (χ3n) is 7.09. The van der Waals surface area contributed by atoms with Crippen molar-refractivity contribution in [2.45, 2.75) is 32.2 Å². The first-order chi connectivity index (χ1) is 17.1. The van der Waals surface area contributed by atoms with Gasteiger partial charge in [0.1, 0.15) is 5.82 Å². The van der Waals surface area contributed by atoms with Crippen LogP contribution in [0.5, 0.6) is 0 Å². The van der Waals surface area contributed by atoms with E-state index in [1.807, 2.05) is 35.2 Å². The third kappa shape index (κ3) is 5.12. The Balaban J connectivity index is 1.08. The van der Waals surface area contributed by atoms with Gasteiger partial charge in [-0.3, -0.25) is 19.4 Å². The Labute approximate surface area is 205 Å². The third-order valence-corrected chi connectivity index (χ3v) is 7.09. The number of nitrogens with one attached hydrogen (secondary N) is 1. The first-order valence-electron chi connectivity index (χ1n) is 12.5. The smallest absolute Gasteiger partial charge is 0.222 e. The van der Waals surface area contributed by atoms with Crippen LogP contribution in [0.1, 0.15) is 36.3 Å². The van der Waals surface area contributed by atoms with Crippen LogP contribution < -0.4 is 0 Å². The highest BCUT2D eigenvalue weighted by molar-refractivity contribution is 5.81. The van der Waals surface area contributed by atoms with Gasteiger partial charge in [0.05, 0.1) is 17.2 Å². The number of H-pyrrole nitrogens is 1. The minimum absolute atomic E-state index is 0.344. The average molecular weight is 470 g/mol. The predicted molar refractivity (Wildman–Crippen MR) is 135 cm³/mol. The molecule has 0 unspecified atom stereocenters. The Morgan fingerprint density at radius 2 is 1.94 bits per heavy atom. The Morgan fingerprint density at radius 3 is 2.71 bits per heavy atom. The number of carbonyl (C=O) groups excluding carboxylic acids is 1. The summed E-state index contributed by atoms with van der Waals surface area (Å²) in [5.74, 6) is 1.92. The van der Waals surface area contributed by atoms with Crippen LogP contribution in [-0.4, -0.2) is 66.6 Å². The molecule has 6 rings (SSSR count). The van der Waals surface area contributed by atoms with Crippen molar-refractivity contribution in [2.24, 2.45) is 13.0 Å². The molecule has 1 saturated heterocycles. The molecule has 8 heteroatoms. The fourth-order valence-corrected chi connectivity index (χ4v) is 4.90. The zero-order valence-electron chi connectivity index (χ0n) is 20.2. The lowest BCUT2D eigenvalue weighted by Crippen LogP contribution is -2.48. The van der Waals surface area contributed by atoms with Gasteiger partial charge in [-0.2, -0.15) is 5.10 Å². The molecule has 180 valence electrons. The number of fused-ring (bicyclic) bond motifs is 1. The second kappa shape index (κ2) is 9.26. The van der Waals surface area contributed by atoms with Gasteiger partial charge < -0.3 is 9.88 Å². The van der Waals surface area contributed by atoms with Crippen molar-refractivity contribution in [2.75, 3.05) is 26.2 Å². The van der Waals surface area contributed by atoms with E-state index in [2.05, 4.69) is 50.3 Å². The van der Waals surface area contributed by atoms with E-state index in [1.54, 1.807) is 0 Å². The summed E-state index contributed by atoms with van der Waals surface area (Å²) in [6.45, 7) is 4.41. The number of benzene rings is 1. The van der Waals surface area contributed by atoms with Crippen LogP contribution in [0.2, 0.25) is 0 Å². The molecule has 1 N–H and O–H groups in total. The molecule has 2 aliphatic rings. The number of carbonyl (C=O) groups is 1. The number of amides is 1. The fourth-order valence-electron chi connectivity index (χ4n) is 4.90. The maximum absolute atomic E-state index is 12.4. The van der Waals surface area contributed by atoms with E-state index < -0.39 is 0 Å². The van der Waals surface area contributed by atoms with Crippen molar-refractivity contribution < 1.29 is 4.79 Å². The second-order valence-corrected chi connectivity index (χ2v) is 9.95. The zero-order valence-corrected chi connectivity index (χ0v) is 20.2. The number of imidazole rings is 1. The highest BCUT2D eigenvalue weighted by Gasteiger charge is 2.28. The first kappa shape index (κ1) is 22.0. The summed E-state index contributed by atoms with van der Waals surface area (Å²) in [5.41, 5.74) is 6.45. The van der Waals surface area contributed by atoms with E-state index in [1.165, 1.54) is 18.4 Å². The number of nitrogens with zero attached hydrogens (tertiary/aromatic N) is 6. The molecule has 2 fully saturated rings. The van der Waals surface area contributed by atoms with Crippen LogP contribution >= 0.6 is 0 Å². The summed E-state index contributed by atoms with van der Waals surface area (Å²) in [4.78, 5) is 29.7. The van der Waals surface area contributed by atoms with E-state index in [4.69, 9.17) is 4.98 Å². The predicted octanol–water partition coefficient (Wildman–Crippen LogP) is 3.39. The van der Waals surface area contributed by atoms with Crippen molar-refractivity contribution >= 4 is 16.9 Å². The van der Waals surface area contributed by atoms with Crippen molar-refractivity contribution in [3.63, 3.8) is 0 Å². The maximum atomic E-state index is 12.4. The lowest BCUT2D eigenvalue weighted by Gasteiger charge is -2.35. The van der Waals surface area contributed by atoms with E-state index in [0.29, 0.717) is 18.2 Å². The number of pyridine rings is 1. The highest BCUT2D eigenvalue weighted by Crippen LogP contribution is 2.33. The Bertz CT molecular complexity index is 1340. The molecule has 0 spiro atoms. The minimum atomic E-state index is 0.344. The zero-order chi connectivity index (χ0) is 23.8. The summed E-state index contributed by atoms with van der Waals surface area (Å²) in [7, 11) is 1.92. The molecule has 1 aliphatic heterocycles. The number of piperazine rings is 1. The molecule has 3 aromatic heterocycles. The summed E-state index contributed by atoms with van der Waals surface area (Å²) < 4.78 is 1.81. The van der Waals surface area contributed by atoms with Crippen LogP contribution in [0.15, 0.2) is 48.9 Å². The van der Waals surface area contributed by atoms with Crippen molar-refractivity contribution in [3.05, 3.63) is 66.0 Å². The molecule has 0 atom stereocenters. The van der Waals surface area contributed by atoms with Gasteiger partial charge in [0.25, 0.3) is 0 Å². The van der Waals surface area contributed by atoms with Crippen LogP contribution in [-0.2, 0) is 24.8 Å². The maximum Gasteiger partial charge on any atom is 0.222 e. The normalized spacial score (nSPS) is 16.8. The minimum Gasteiger partial charge on any atom is -0.342 e. The van der Waals surface area contributed by atoms with Gasteiger partial charge in [-0.1, -0.05) is 6.07 Å². The molecule has 1 aromatic carbocycles. The van der Waals surface area contributed by atoms with Gasteiger partial charge in [-0.25, -0.2) is 4.98 Å². The Hall–Kier alpha value is -3.52. The molecule has 1 saturated carbocycles. The molecular formula is C27H31N7O. The van der Waals surface area contributed by atoms with Crippen LogP contribution in [0.3, 0.4) is 0 Å². The SMILES string of the molecule is Cn1cc(-c2ccc3nc(Cc4cc(CN5CCN(C(=O)CC6CC6)CC5)ccn4)[nH]c3c2)cn1. The summed E-state index contributed by atoms with van der Waals surface area (Å²) in [6.07, 6.45) is 9.66. The lowest BCUT2D eigenvalue weighted by molar-refractivity contribution is -0.133. The van der Waals surface area contributed by atoms with Crippen molar-refractivity contribution in [1.82, 2.24) is 34.5 Å². The van der Waals surface area contributed by atoms with Crippen LogP contribution in [0.25, 0.3) is 22.2 Å². The molecule has 4 heterocycles. The monoisotopic (exact) mass is 469 g/mol. The number of hydrogen-bond acceptors (Lipinski definition) is 5. The van der Waals surface area contributed by atoms with E-state index in [-0.39, 0.29) is 0 Å². The molecule has 1 amide bonds. The summed E-state index contributed by atoms with van der Waals surface area (Å²) >= 11 is 0. The van der Waals surface area contributed by atoms with Gasteiger partial charge in [0.2, 0.25) is 5.91 Å². The number of aromatic amines is 1.